The fourth-order valence-corrected chi connectivity index (χ4v) is 3.94. The quantitative estimate of drug-likeness (QED) is 0.699. The first-order chi connectivity index (χ1) is 14.0. The van der Waals surface area contributed by atoms with Crippen LogP contribution >= 0.6 is 11.6 Å². The minimum atomic E-state index is -0.172. The second kappa shape index (κ2) is 8.13. The molecule has 148 valence electrons. The van der Waals surface area contributed by atoms with Gasteiger partial charge >= 0.3 is 0 Å². The van der Waals surface area contributed by atoms with E-state index in [2.05, 4.69) is 10.2 Å². The highest BCUT2D eigenvalue weighted by Crippen LogP contribution is 2.30. The number of anilines is 2. The Bertz CT molecular complexity index is 1070. The monoisotopic (exact) mass is 407 g/mol. The summed E-state index contributed by atoms with van der Waals surface area (Å²) in [5, 5.41) is 5.63. The van der Waals surface area contributed by atoms with E-state index in [-0.39, 0.29) is 11.8 Å². The highest BCUT2D eigenvalue weighted by Gasteiger charge is 2.20. The molecule has 1 saturated heterocycles. The van der Waals surface area contributed by atoms with Crippen molar-refractivity contribution < 1.29 is 9.59 Å². The molecule has 0 radical (unpaired) electrons. The van der Waals surface area contributed by atoms with E-state index in [1.54, 1.807) is 13.0 Å². The third-order valence-corrected chi connectivity index (χ3v) is 5.59. The van der Waals surface area contributed by atoms with Crippen LogP contribution in [0.1, 0.15) is 17.3 Å². The number of hydrogen-bond acceptors (Lipinski definition) is 3. The van der Waals surface area contributed by atoms with Gasteiger partial charge in [-0.1, -0.05) is 41.9 Å². The molecule has 1 heterocycles. The zero-order valence-corrected chi connectivity index (χ0v) is 16.9. The topological polar surface area (TPSA) is 52.7 Å². The van der Waals surface area contributed by atoms with Gasteiger partial charge in [-0.05, 0) is 41.1 Å². The molecule has 1 fully saturated rings. The highest BCUT2D eigenvalue weighted by atomic mass is 35.5. The van der Waals surface area contributed by atoms with Gasteiger partial charge in [0.25, 0.3) is 5.91 Å². The Hall–Kier alpha value is -3.05. The summed E-state index contributed by atoms with van der Waals surface area (Å²) >= 11 is 6.50. The number of carbonyl (C=O) groups is 2. The van der Waals surface area contributed by atoms with E-state index >= 15 is 0 Å². The lowest BCUT2D eigenvalue weighted by Gasteiger charge is -2.36. The fraction of sp³-hybridized carbons (Fsp3) is 0.217. The first kappa shape index (κ1) is 19.3. The molecule has 0 bridgehead atoms. The van der Waals surface area contributed by atoms with Gasteiger partial charge < -0.3 is 15.1 Å². The Morgan fingerprint density at radius 3 is 2.31 bits per heavy atom. The molecule has 0 aromatic heterocycles. The van der Waals surface area contributed by atoms with E-state index in [1.807, 2.05) is 59.5 Å². The molecule has 1 N–H and O–H groups in total. The average molecular weight is 408 g/mol. The molecular weight excluding hydrogens is 386 g/mol. The summed E-state index contributed by atoms with van der Waals surface area (Å²) in [4.78, 5) is 28.1. The van der Waals surface area contributed by atoms with Gasteiger partial charge in [0.15, 0.2) is 0 Å². The maximum Gasteiger partial charge on any atom is 0.255 e. The number of fused-ring (bicyclic) bond motifs is 1. The van der Waals surface area contributed by atoms with Crippen LogP contribution in [-0.2, 0) is 4.79 Å². The van der Waals surface area contributed by atoms with Crippen LogP contribution in [0.4, 0.5) is 11.4 Å². The van der Waals surface area contributed by atoms with Crippen LogP contribution in [0.5, 0.6) is 0 Å². The number of nitrogens with one attached hydrogen (secondary N) is 1. The summed E-state index contributed by atoms with van der Waals surface area (Å²) in [6.07, 6.45) is 0. The number of amides is 2. The summed E-state index contributed by atoms with van der Waals surface area (Å²) in [5.74, 6) is -0.0721. The largest absolute Gasteiger partial charge is 0.367 e. The van der Waals surface area contributed by atoms with Gasteiger partial charge in [-0.25, -0.2) is 0 Å². The number of nitrogens with zero attached hydrogens (tertiary/aromatic N) is 2. The van der Waals surface area contributed by atoms with Crippen molar-refractivity contribution in [3.05, 3.63) is 71.2 Å². The Morgan fingerprint density at radius 2 is 1.62 bits per heavy atom. The van der Waals surface area contributed by atoms with Crippen molar-refractivity contribution in [2.24, 2.45) is 0 Å². The summed E-state index contributed by atoms with van der Waals surface area (Å²) in [6.45, 7) is 4.44. The van der Waals surface area contributed by atoms with E-state index < -0.39 is 0 Å². The molecule has 5 nitrogen and oxygen atoms in total. The SMILES string of the molecule is CC(=O)N1CCN(c2ccc(NC(=O)c3ccc4ccccc4c3)cc2Cl)CC1. The van der Waals surface area contributed by atoms with Gasteiger partial charge in [-0.2, -0.15) is 0 Å². The lowest BCUT2D eigenvalue weighted by Crippen LogP contribution is -2.48. The van der Waals surface area contributed by atoms with Crippen molar-refractivity contribution in [2.75, 3.05) is 36.4 Å². The van der Waals surface area contributed by atoms with Crippen LogP contribution in [-0.4, -0.2) is 42.9 Å². The van der Waals surface area contributed by atoms with E-state index in [1.165, 1.54) is 0 Å². The Morgan fingerprint density at radius 1 is 0.897 bits per heavy atom. The molecule has 3 aromatic rings. The van der Waals surface area contributed by atoms with Gasteiger partial charge in [0.2, 0.25) is 5.91 Å². The van der Waals surface area contributed by atoms with Crippen LogP contribution in [0, 0.1) is 0 Å². The van der Waals surface area contributed by atoms with Crippen LogP contribution in [0.2, 0.25) is 5.02 Å². The van der Waals surface area contributed by atoms with Gasteiger partial charge in [0.1, 0.15) is 0 Å². The molecule has 4 rings (SSSR count). The molecule has 0 saturated carbocycles. The third kappa shape index (κ3) is 4.20. The lowest BCUT2D eigenvalue weighted by molar-refractivity contribution is -0.129. The Labute approximate surface area is 174 Å². The van der Waals surface area contributed by atoms with Gasteiger partial charge in [-0.15, -0.1) is 0 Å². The van der Waals surface area contributed by atoms with Crippen molar-refractivity contribution in [2.45, 2.75) is 6.92 Å². The number of rotatable bonds is 3. The van der Waals surface area contributed by atoms with E-state index in [9.17, 15) is 9.59 Å². The number of carbonyl (C=O) groups excluding carboxylic acids is 2. The normalized spacial score (nSPS) is 14.1. The molecule has 29 heavy (non-hydrogen) atoms. The van der Waals surface area contributed by atoms with Crippen LogP contribution in [0.3, 0.4) is 0 Å². The number of halogens is 1. The van der Waals surface area contributed by atoms with Gasteiger partial charge in [0, 0.05) is 44.4 Å². The molecule has 0 unspecified atom stereocenters. The van der Waals surface area contributed by atoms with E-state index in [0.29, 0.717) is 29.4 Å². The zero-order valence-electron chi connectivity index (χ0n) is 16.2. The summed E-state index contributed by atoms with van der Waals surface area (Å²) in [7, 11) is 0. The Kier molecular flexibility index (Phi) is 5.41. The average Bonchev–Trinajstić information content (AvgIpc) is 2.73. The van der Waals surface area contributed by atoms with Crippen LogP contribution < -0.4 is 10.2 Å². The van der Waals surface area contributed by atoms with Gasteiger partial charge in [-0.3, -0.25) is 9.59 Å². The minimum Gasteiger partial charge on any atom is -0.367 e. The smallest absolute Gasteiger partial charge is 0.255 e. The molecule has 0 aliphatic carbocycles. The second-order valence-electron chi connectivity index (χ2n) is 7.18. The van der Waals surface area contributed by atoms with Crippen molar-refractivity contribution in [1.82, 2.24) is 4.90 Å². The number of piperazine rings is 1. The lowest BCUT2D eigenvalue weighted by atomic mass is 10.1. The predicted octanol–water partition coefficient (Wildman–Crippen LogP) is 4.41. The Balaban J connectivity index is 1.46. The summed E-state index contributed by atoms with van der Waals surface area (Å²) < 4.78 is 0. The maximum atomic E-state index is 12.7. The molecule has 3 aromatic carbocycles. The first-order valence-electron chi connectivity index (χ1n) is 9.61. The molecule has 1 aliphatic heterocycles. The summed E-state index contributed by atoms with van der Waals surface area (Å²) in [5.41, 5.74) is 2.17. The standard InChI is InChI=1S/C23H22ClN3O2/c1-16(28)26-10-12-27(13-11-26)22-9-8-20(15-21(22)24)25-23(29)19-7-6-17-4-2-3-5-18(17)14-19/h2-9,14-15H,10-13H2,1H3,(H,25,29). The molecule has 0 spiro atoms. The van der Waals surface area contributed by atoms with Crippen molar-refractivity contribution >= 4 is 45.6 Å². The number of hydrogen-bond donors (Lipinski definition) is 1. The maximum absolute atomic E-state index is 12.7. The summed E-state index contributed by atoms with van der Waals surface area (Å²) in [6, 6.07) is 19.1. The van der Waals surface area contributed by atoms with E-state index in [0.717, 1.165) is 29.5 Å². The first-order valence-corrected chi connectivity index (χ1v) is 9.99. The van der Waals surface area contributed by atoms with Crippen molar-refractivity contribution in [1.29, 1.82) is 0 Å². The molecule has 0 atom stereocenters. The molecular formula is C23H22ClN3O2. The minimum absolute atomic E-state index is 0.0995. The third-order valence-electron chi connectivity index (χ3n) is 5.28. The van der Waals surface area contributed by atoms with E-state index in [4.69, 9.17) is 11.6 Å². The van der Waals surface area contributed by atoms with Crippen molar-refractivity contribution in [3.8, 4) is 0 Å². The van der Waals surface area contributed by atoms with Crippen molar-refractivity contribution in [3.63, 3.8) is 0 Å². The second-order valence-corrected chi connectivity index (χ2v) is 7.58. The zero-order chi connectivity index (χ0) is 20.4. The van der Waals surface area contributed by atoms with Gasteiger partial charge in [0.05, 0.1) is 10.7 Å². The molecule has 1 aliphatic rings. The van der Waals surface area contributed by atoms with Crippen LogP contribution in [0.15, 0.2) is 60.7 Å². The van der Waals surface area contributed by atoms with Crippen LogP contribution in [0.25, 0.3) is 10.8 Å². The molecule has 2 amide bonds. The predicted molar refractivity (Wildman–Crippen MR) is 118 cm³/mol. The fourth-order valence-electron chi connectivity index (χ4n) is 3.64. The number of benzene rings is 3. The highest BCUT2D eigenvalue weighted by molar-refractivity contribution is 6.33. The molecule has 6 heteroatoms.